The predicted octanol–water partition coefficient (Wildman–Crippen LogP) is 2.16. The van der Waals surface area contributed by atoms with Crippen LogP contribution in [0.2, 0.25) is 0 Å². The standard InChI is InChI=1S/C8H10BrN3/c1-10-8-6(9)7(5-2-3-5)11-4-12-8/h4-5H,2-3H2,1H3,(H,10,11,12). The first-order chi connectivity index (χ1) is 5.83. The van der Waals surface area contributed by atoms with E-state index in [1.165, 1.54) is 12.8 Å². The summed E-state index contributed by atoms with van der Waals surface area (Å²) < 4.78 is 1.02. The fourth-order valence-electron chi connectivity index (χ4n) is 1.20. The predicted molar refractivity (Wildman–Crippen MR) is 51.3 cm³/mol. The van der Waals surface area contributed by atoms with Crippen molar-refractivity contribution < 1.29 is 0 Å². The van der Waals surface area contributed by atoms with Gasteiger partial charge in [0.15, 0.2) is 0 Å². The summed E-state index contributed by atoms with van der Waals surface area (Å²) >= 11 is 3.49. The maximum atomic E-state index is 4.25. The van der Waals surface area contributed by atoms with Crippen LogP contribution in [-0.4, -0.2) is 17.0 Å². The van der Waals surface area contributed by atoms with Gasteiger partial charge in [0.05, 0.1) is 10.2 Å². The molecule has 2 rings (SSSR count). The van der Waals surface area contributed by atoms with Gasteiger partial charge >= 0.3 is 0 Å². The van der Waals surface area contributed by atoms with Gasteiger partial charge in [-0.15, -0.1) is 0 Å². The summed E-state index contributed by atoms with van der Waals surface area (Å²) in [7, 11) is 1.86. The fourth-order valence-corrected chi connectivity index (χ4v) is 1.93. The summed E-state index contributed by atoms with van der Waals surface area (Å²) in [5, 5.41) is 3.02. The normalized spacial score (nSPS) is 16.2. The van der Waals surface area contributed by atoms with Gasteiger partial charge in [0.1, 0.15) is 12.1 Å². The van der Waals surface area contributed by atoms with Crippen molar-refractivity contribution in [2.45, 2.75) is 18.8 Å². The smallest absolute Gasteiger partial charge is 0.143 e. The highest BCUT2D eigenvalue weighted by molar-refractivity contribution is 9.10. The molecule has 0 atom stereocenters. The molecule has 1 aliphatic carbocycles. The van der Waals surface area contributed by atoms with Gasteiger partial charge in [-0.25, -0.2) is 9.97 Å². The van der Waals surface area contributed by atoms with Crippen molar-refractivity contribution >= 4 is 21.7 Å². The molecule has 0 saturated heterocycles. The molecule has 4 heteroatoms. The van der Waals surface area contributed by atoms with Gasteiger partial charge in [0, 0.05) is 13.0 Å². The van der Waals surface area contributed by atoms with Gasteiger partial charge in [-0.3, -0.25) is 0 Å². The molecule has 0 aliphatic heterocycles. The Kier molecular flexibility index (Phi) is 2.00. The minimum absolute atomic E-state index is 0.662. The molecule has 64 valence electrons. The molecule has 0 aromatic carbocycles. The first kappa shape index (κ1) is 7.98. The average Bonchev–Trinajstić information content (AvgIpc) is 2.88. The Morgan fingerprint density at radius 3 is 2.83 bits per heavy atom. The van der Waals surface area contributed by atoms with E-state index in [-0.39, 0.29) is 0 Å². The molecule has 1 heterocycles. The molecule has 1 saturated carbocycles. The van der Waals surface area contributed by atoms with Gasteiger partial charge in [0.2, 0.25) is 0 Å². The molecule has 0 radical (unpaired) electrons. The number of hydrogen-bond acceptors (Lipinski definition) is 3. The minimum atomic E-state index is 0.662. The largest absolute Gasteiger partial charge is 0.372 e. The van der Waals surface area contributed by atoms with E-state index in [4.69, 9.17) is 0 Å². The van der Waals surface area contributed by atoms with E-state index in [0.29, 0.717) is 5.92 Å². The summed E-state index contributed by atoms with van der Waals surface area (Å²) in [4.78, 5) is 8.35. The van der Waals surface area contributed by atoms with E-state index in [2.05, 4.69) is 31.2 Å². The van der Waals surface area contributed by atoms with Gasteiger partial charge < -0.3 is 5.32 Å². The van der Waals surface area contributed by atoms with Crippen LogP contribution in [0.25, 0.3) is 0 Å². The second kappa shape index (κ2) is 3.01. The third-order valence-corrected chi connectivity index (χ3v) is 2.80. The zero-order chi connectivity index (χ0) is 8.55. The Bertz CT molecular complexity index is 296. The number of halogens is 1. The molecule has 3 nitrogen and oxygen atoms in total. The molecule has 0 unspecified atom stereocenters. The zero-order valence-electron chi connectivity index (χ0n) is 6.84. The number of anilines is 1. The van der Waals surface area contributed by atoms with Crippen LogP contribution < -0.4 is 5.32 Å². The lowest BCUT2D eigenvalue weighted by molar-refractivity contribution is 0.973. The van der Waals surface area contributed by atoms with Crippen molar-refractivity contribution in [3.05, 3.63) is 16.5 Å². The van der Waals surface area contributed by atoms with Crippen LogP contribution in [0, 0.1) is 0 Å². The second-order valence-corrected chi connectivity index (χ2v) is 3.74. The number of nitrogens with zero attached hydrogens (tertiary/aromatic N) is 2. The van der Waals surface area contributed by atoms with Gasteiger partial charge in [-0.1, -0.05) is 0 Å². The second-order valence-electron chi connectivity index (χ2n) is 2.95. The van der Waals surface area contributed by atoms with Crippen molar-refractivity contribution in [2.24, 2.45) is 0 Å². The maximum Gasteiger partial charge on any atom is 0.143 e. The average molecular weight is 228 g/mol. The Balaban J connectivity index is 2.40. The summed E-state index contributed by atoms with van der Waals surface area (Å²) in [6, 6.07) is 0. The molecule has 0 amide bonds. The highest BCUT2D eigenvalue weighted by Crippen LogP contribution is 2.43. The summed E-state index contributed by atoms with van der Waals surface area (Å²) in [5.41, 5.74) is 1.15. The topological polar surface area (TPSA) is 37.8 Å². The van der Waals surface area contributed by atoms with Crippen molar-refractivity contribution in [2.75, 3.05) is 12.4 Å². The molecule has 1 aromatic heterocycles. The number of aromatic nitrogens is 2. The van der Waals surface area contributed by atoms with Crippen LogP contribution in [0.4, 0.5) is 5.82 Å². The van der Waals surface area contributed by atoms with Gasteiger partial charge in [0.25, 0.3) is 0 Å². The highest BCUT2D eigenvalue weighted by atomic mass is 79.9. The summed E-state index contributed by atoms with van der Waals surface area (Å²) in [6.07, 6.45) is 4.14. The molecular weight excluding hydrogens is 218 g/mol. The molecule has 12 heavy (non-hydrogen) atoms. The molecule has 0 bridgehead atoms. The quantitative estimate of drug-likeness (QED) is 0.842. The molecule has 1 fully saturated rings. The number of hydrogen-bond donors (Lipinski definition) is 1. The molecular formula is C8H10BrN3. The Labute approximate surface area is 79.7 Å². The van der Waals surface area contributed by atoms with Crippen LogP contribution in [0.3, 0.4) is 0 Å². The molecule has 1 N–H and O–H groups in total. The van der Waals surface area contributed by atoms with Gasteiger partial charge in [-0.2, -0.15) is 0 Å². The van der Waals surface area contributed by atoms with Crippen LogP contribution >= 0.6 is 15.9 Å². The van der Waals surface area contributed by atoms with Crippen molar-refractivity contribution in [3.63, 3.8) is 0 Å². The Morgan fingerprint density at radius 1 is 1.50 bits per heavy atom. The van der Waals surface area contributed by atoms with Crippen molar-refractivity contribution in [1.29, 1.82) is 0 Å². The number of rotatable bonds is 2. The van der Waals surface area contributed by atoms with Crippen LogP contribution in [0.1, 0.15) is 24.5 Å². The van der Waals surface area contributed by atoms with Crippen LogP contribution in [0.15, 0.2) is 10.8 Å². The Hall–Kier alpha value is -0.640. The fraction of sp³-hybridized carbons (Fsp3) is 0.500. The maximum absolute atomic E-state index is 4.25. The monoisotopic (exact) mass is 227 g/mol. The van der Waals surface area contributed by atoms with Crippen LogP contribution in [0.5, 0.6) is 0 Å². The van der Waals surface area contributed by atoms with E-state index in [0.717, 1.165) is 16.0 Å². The molecule has 1 aliphatic rings. The van der Waals surface area contributed by atoms with E-state index < -0.39 is 0 Å². The zero-order valence-corrected chi connectivity index (χ0v) is 8.43. The van der Waals surface area contributed by atoms with E-state index >= 15 is 0 Å². The third kappa shape index (κ3) is 1.31. The van der Waals surface area contributed by atoms with Crippen molar-refractivity contribution in [1.82, 2.24) is 9.97 Å². The lowest BCUT2D eigenvalue weighted by Crippen LogP contribution is -1.98. The van der Waals surface area contributed by atoms with E-state index in [1.54, 1.807) is 6.33 Å². The molecule has 0 spiro atoms. The highest BCUT2D eigenvalue weighted by Gasteiger charge is 2.28. The van der Waals surface area contributed by atoms with E-state index in [1.807, 2.05) is 7.05 Å². The Morgan fingerprint density at radius 2 is 2.25 bits per heavy atom. The summed E-state index contributed by atoms with van der Waals surface area (Å²) in [5.74, 6) is 1.54. The first-order valence-corrected chi connectivity index (χ1v) is 4.80. The lowest BCUT2D eigenvalue weighted by Gasteiger charge is -2.05. The molecule has 1 aromatic rings. The third-order valence-electron chi connectivity index (χ3n) is 2.02. The first-order valence-electron chi connectivity index (χ1n) is 4.01. The SMILES string of the molecule is CNc1ncnc(C2CC2)c1Br. The van der Waals surface area contributed by atoms with Gasteiger partial charge in [-0.05, 0) is 28.8 Å². The minimum Gasteiger partial charge on any atom is -0.372 e. The van der Waals surface area contributed by atoms with E-state index in [9.17, 15) is 0 Å². The summed E-state index contributed by atoms with van der Waals surface area (Å²) in [6.45, 7) is 0. The number of nitrogens with one attached hydrogen (secondary N) is 1. The van der Waals surface area contributed by atoms with Crippen molar-refractivity contribution in [3.8, 4) is 0 Å². The van der Waals surface area contributed by atoms with Crippen LogP contribution in [-0.2, 0) is 0 Å². The lowest BCUT2D eigenvalue weighted by atomic mass is 10.3.